The van der Waals surface area contributed by atoms with Gasteiger partial charge in [0.15, 0.2) is 5.96 Å². The topological polar surface area (TPSA) is 48.9 Å². The van der Waals surface area contributed by atoms with Crippen molar-refractivity contribution in [3.63, 3.8) is 0 Å². The Labute approximate surface area is 185 Å². The summed E-state index contributed by atoms with van der Waals surface area (Å²) in [7, 11) is 1.87. The molecule has 152 valence electrons. The summed E-state index contributed by atoms with van der Waals surface area (Å²) in [5.74, 6) is 0.933. The zero-order chi connectivity index (χ0) is 18.2. The Kier molecular flexibility index (Phi) is 9.52. The second kappa shape index (κ2) is 11.4. The van der Waals surface area contributed by atoms with E-state index in [1.807, 2.05) is 18.8 Å². The summed E-state index contributed by atoms with van der Waals surface area (Å²) in [6.45, 7) is 4.86. The first-order chi connectivity index (χ1) is 12.7. The van der Waals surface area contributed by atoms with E-state index in [9.17, 15) is 0 Å². The van der Waals surface area contributed by atoms with Crippen molar-refractivity contribution in [3.05, 3.63) is 30.3 Å². The molecular weight excluding hydrogens is 471 g/mol. The molecule has 0 radical (unpaired) electrons. The molecule has 2 aliphatic rings. The Morgan fingerprint density at radius 2 is 1.89 bits per heavy atom. The summed E-state index contributed by atoms with van der Waals surface area (Å²) < 4.78 is 5.81. The number of aliphatic imine (C=N–C) groups is 1. The molecule has 1 aromatic rings. The average molecular weight is 504 g/mol. The van der Waals surface area contributed by atoms with E-state index in [1.54, 1.807) is 0 Å². The number of rotatable bonds is 5. The van der Waals surface area contributed by atoms with Crippen molar-refractivity contribution in [2.24, 2.45) is 4.99 Å². The Balaban J connectivity index is 0.00000261. The van der Waals surface area contributed by atoms with E-state index in [0.717, 1.165) is 64.5 Å². The van der Waals surface area contributed by atoms with E-state index in [1.165, 1.54) is 5.69 Å². The van der Waals surface area contributed by atoms with Gasteiger partial charge >= 0.3 is 0 Å². The van der Waals surface area contributed by atoms with Crippen molar-refractivity contribution in [2.45, 2.75) is 36.5 Å². The molecule has 0 atom stereocenters. The molecule has 0 saturated carbocycles. The molecule has 2 saturated heterocycles. The van der Waals surface area contributed by atoms with Gasteiger partial charge in [0.25, 0.3) is 0 Å². The molecule has 0 amide bonds. The number of anilines is 1. The Hall–Kier alpha value is -0.670. The van der Waals surface area contributed by atoms with E-state index in [2.05, 4.69) is 57.1 Å². The Bertz CT molecular complexity index is 573. The van der Waals surface area contributed by atoms with Crippen LogP contribution < -0.4 is 15.5 Å². The second-order valence-corrected chi connectivity index (χ2v) is 8.44. The van der Waals surface area contributed by atoms with Gasteiger partial charge in [-0.15, -0.1) is 24.0 Å². The van der Waals surface area contributed by atoms with Crippen LogP contribution in [0.4, 0.5) is 5.69 Å². The largest absolute Gasteiger partial charge is 0.381 e. The monoisotopic (exact) mass is 504 g/mol. The van der Waals surface area contributed by atoms with Gasteiger partial charge in [0.2, 0.25) is 0 Å². The lowest BCUT2D eigenvalue weighted by Crippen LogP contribution is -2.52. The highest BCUT2D eigenvalue weighted by Gasteiger charge is 2.32. The number of hydrogen-bond acceptors (Lipinski definition) is 4. The first-order valence-electron chi connectivity index (χ1n) is 9.65. The zero-order valence-electron chi connectivity index (χ0n) is 16.4. The number of thioether (sulfide) groups is 1. The van der Waals surface area contributed by atoms with Gasteiger partial charge in [-0.05, 0) is 44.1 Å². The predicted molar refractivity (Wildman–Crippen MR) is 128 cm³/mol. The standard InChI is InChI=1S/C20H32N4OS.HI/c1-21-19(22-16-20(26-2)10-14-25-15-11-20)23-17-8-12-24(13-9-17)18-6-4-3-5-7-18;/h3-7,17H,8-16H2,1-2H3,(H2,21,22,23);1H. The number of ether oxygens (including phenoxy) is 1. The molecule has 0 aliphatic carbocycles. The number of hydrogen-bond donors (Lipinski definition) is 2. The van der Waals surface area contributed by atoms with Gasteiger partial charge in [-0.25, -0.2) is 0 Å². The molecule has 0 unspecified atom stereocenters. The molecule has 0 spiro atoms. The minimum absolute atomic E-state index is 0. The van der Waals surface area contributed by atoms with Crippen molar-refractivity contribution >= 4 is 47.4 Å². The summed E-state index contributed by atoms with van der Waals surface area (Å²) in [5.41, 5.74) is 1.33. The molecule has 27 heavy (non-hydrogen) atoms. The van der Waals surface area contributed by atoms with Crippen LogP contribution in [0.25, 0.3) is 0 Å². The molecule has 2 heterocycles. The summed E-state index contributed by atoms with van der Waals surface area (Å²) in [5, 5.41) is 7.20. The highest BCUT2D eigenvalue weighted by atomic mass is 127. The van der Waals surface area contributed by atoms with Crippen LogP contribution in [0.15, 0.2) is 35.3 Å². The molecule has 2 fully saturated rings. The highest BCUT2D eigenvalue weighted by Crippen LogP contribution is 2.33. The lowest BCUT2D eigenvalue weighted by Gasteiger charge is -2.37. The molecule has 2 aliphatic heterocycles. The minimum atomic E-state index is 0. The number of piperidine rings is 1. The first kappa shape index (κ1) is 22.6. The van der Waals surface area contributed by atoms with Crippen molar-refractivity contribution in [2.75, 3.05) is 51.1 Å². The molecule has 2 N–H and O–H groups in total. The molecule has 5 nitrogen and oxygen atoms in total. The maximum Gasteiger partial charge on any atom is 0.191 e. The first-order valence-corrected chi connectivity index (χ1v) is 10.9. The van der Waals surface area contributed by atoms with Crippen molar-refractivity contribution in [3.8, 4) is 0 Å². The molecular formula is C20H33IN4OS. The number of nitrogens with zero attached hydrogens (tertiary/aromatic N) is 2. The normalized spacial score (nSPS) is 20.7. The lowest BCUT2D eigenvalue weighted by molar-refractivity contribution is 0.0782. The van der Waals surface area contributed by atoms with Gasteiger partial charge in [0.1, 0.15) is 0 Å². The van der Waals surface area contributed by atoms with Gasteiger partial charge in [0.05, 0.1) is 0 Å². The summed E-state index contributed by atoms with van der Waals surface area (Å²) in [6.07, 6.45) is 6.69. The fraction of sp³-hybridized carbons (Fsp3) is 0.650. The lowest BCUT2D eigenvalue weighted by atomic mass is 9.99. The van der Waals surface area contributed by atoms with E-state index in [-0.39, 0.29) is 28.7 Å². The minimum Gasteiger partial charge on any atom is -0.381 e. The van der Waals surface area contributed by atoms with Crippen LogP contribution in [0.2, 0.25) is 0 Å². The SMILES string of the molecule is CN=C(NCC1(SC)CCOCC1)NC1CCN(c2ccccc2)CC1.I. The summed E-state index contributed by atoms with van der Waals surface area (Å²) in [4.78, 5) is 6.92. The second-order valence-electron chi connectivity index (χ2n) is 7.17. The number of para-hydroxylation sites is 1. The summed E-state index contributed by atoms with van der Waals surface area (Å²) in [6, 6.07) is 11.2. The quantitative estimate of drug-likeness (QED) is 0.366. The number of halogens is 1. The third-order valence-corrected chi connectivity index (χ3v) is 7.01. The molecule has 7 heteroatoms. The van der Waals surface area contributed by atoms with Crippen LogP contribution in [0.1, 0.15) is 25.7 Å². The van der Waals surface area contributed by atoms with E-state index < -0.39 is 0 Å². The smallest absolute Gasteiger partial charge is 0.191 e. The Morgan fingerprint density at radius 1 is 1.22 bits per heavy atom. The van der Waals surface area contributed by atoms with Crippen LogP contribution in [0.5, 0.6) is 0 Å². The highest BCUT2D eigenvalue weighted by molar-refractivity contribution is 14.0. The third kappa shape index (κ3) is 6.42. The third-order valence-electron chi connectivity index (χ3n) is 5.60. The average Bonchev–Trinajstić information content (AvgIpc) is 2.73. The van der Waals surface area contributed by atoms with E-state index in [4.69, 9.17) is 4.74 Å². The van der Waals surface area contributed by atoms with Gasteiger partial charge in [0, 0.05) is 56.4 Å². The van der Waals surface area contributed by atoms with Crippen molar-refractivity contribution in [1.29, 1.82) is 0 Å². The van der Waals surface area contributed by atoms with E-state index in [0.29, 0.717) is 6.04 Å². The number of nitrogens with one attached hydrogen (secondary N) is 2. The van der Waals surface area contributed by atoms with Gasteiger partial charge < -0.3 is 20.3 Å². The van der Waals surface area contributed by atoms with Gasteiger partial charge in [-0.3, -0.25) is 4.99 Å². The predicted octanol–water partition coefficient (Wildman–Crippen LogP) is 3.35. The van der Waals surface area contributed by atoms with E-state index >= 15 is 0 Å². The van der Waals surface area contributed by atoms with Gasteiger partial charge in [-0.2, -0.15) is 11.8 Å². The number of guanidine groups is 1. The maximum atomic E-state index is 5.54. The molecule has 0 bridgehead atoms. The van der Waals surface area contributed by atoms with Crippen LogP contribution in [-0.4, -0.2) is 62.9 Å². The Morgan fingerprint density at radius 3 is 2.48 bits per heavy atom. The van der Waals surface area contributed by atoms with Crippen LogP contribution >= 0.6 is 35.7 Å². The van der Waals surface area contributed by atoms with Crippen LogP contribution in [0, 0.1) is 0 Å². The van der Waals surface area contributed by atoms with Gasteiger partial charge in [-0.1, -0.05) is 18.2 Å². The zero-order valence-corrected chi connectivity index (χ0v) is 19.6. The summed E-state index contributed by atoms with van der Waals surface area (Å²) >= 11 is 1.96. The maximum absolute atomic E-state index is 5.54. The fourth-order valence-electron chi connectivity index (χ4n) is 3.75. The van der Waals surface area contributed by atoms with Crippen LogP contribution in [0.3, 0.4) is 0 Å². The number of benzene rings is 1. The fourth-order valence-corrected chi connectivity index (χ4v) is 4.54. The van der Waals surface area contributed by atoms with Crippen LogP contribution in [-0.2, 0) is 4.74 Å². The van der Waals surface area contributed by atoms with Crippen molar-refractivity contribution in [1.82, 2.24) is 10.6 Å². The molecule has 1 aromatic carbocycles. The molecule has 0 aromatic heterocycles. The molecule has 3 rings (SSSR count). The van der Waals surface area contributed by atoms with Crippen molar-refractivity contribution < 1.29 is 4.74 Å².